The molecule has 100 valence electrons. The average Bonchev–Trinajstić information content (AvgIpc) is 2.37. The lowest BCUT2D eigenvalue weighted by Crippen LogP contribution is -2.42. The number of nitrogens with zero attached hydrogens (tertiary/aromatic N) is 1. The molecule has 0 radical (unpaired) electrons. The molecular formula is C15H25N3. The number of benzene rings is 1. The van der Waals surface area contributed by atoms with Crippen molar-refractivity contribution in [3.05, 3.63) is 35.4 Å². The summed E-state index contributed by atoms with van der Waals surface area (Å²) >= 11 is 0. The first-order valence-corrected chi connectivity index (χ1v) is 6.68. The van der Waals surface area contributed by atoms with Crippen molar-refractivity contribution in [1.29, 1.82) is 0 Å². The Morgan fingerprint density at radius 3 is 2.78 bits per heavy atom. The number of aryl methyl sites for hydroxylation is 1. The monoisotopic (exact) mass is 247 g/mol. The molecule has 0 saturated heterocycles. The molecule has 1 atom stereocenters. The Balaban J connectivity index is 2.36. The molecule has 0 bridgehead atoms. The van der Waals surface area contributed by atoms with Crippen LogP contribution in [0.4, 0.5) is 0 Å². The van der Waals surface area contributed by atoms with Crippen molar-refractivity contribution in [2.24, 2.45) is 4.99 Å². The molecule has 1 aromatic rings. The third kappa shape index (κ3) is 5.21. The summed E-state index contributed by atoms with van der Waals surface area (Å²) in [7, 11) is 1.81. The molecule has 0 spiro atoms. The Bertz CT molecular complexity index is 385. The van der Waals surface area contributed by atoms with Gasteiger partial charge in [-0.1, -0.05) is 36.8 Å². The van der Waals surface area contributed by atoms with E-state index in [0.717, 1.165) is 25.3 Å². The Labute approximate surface area is 111 Å². The van der Waals surface area contributed by atoms with Crippen LogP contribution in [0.5, 0.6) is 0 Å². The Morgan fingerprint density at radius 2 is 2.17 bits per heavy atom. The molecular weight excluding hydrogens is 222 g/mol. The van der Waals surface area contributed by atoms with Crippen LogP contribution >= 0.6 is 0 Å². The highest BCUT2D eigenvalue weighted by atomic mass is 15.2. The predicted octanol–water partition coefficient (Wildman–Crippen LogP) is 2.50. The van der Waals surface area contributed by atoms with E-state index in [1.165, 1.54) is 11.1 Å². The maximum Gasteiger partial charge on any atom is 0.191 e. The quantitative estimate of drug-likeness (QED) is 0.619. The first-order chi connectivity index (χ1) is 8.65. The zero-order valence-corrected chi connectivity index (χ0v) is 12.0. The van der Waals surface area contributed by atoms with Crippen LogP contribution in [0, 0.1) is 6.92 Å². The molecule has 1 unspecified atom stereocenters. The van der Waals surface area contributed by atoms with E-state index in [1.54, 1.807) is 0 Å². The van der Waals surface area contributed by atoms with E-state index in [0.29, 0.717) is 6.04 Å². The van der Waals surface area contributed by atoms with Crippen LogP contribution in [0.25, 0.3) is 0 Å². The molecule has 18 heavy (non-hydrogen) atoms. The Morgan fingerprint density at radius 1 is 1.39 bits per heavy atom. The van der Waals surface area contributed by atoms with Gasteiger partial charge in [0, 0.05) is 19.6 Å². The zero-order chi connectivity index (χ0) is 13.4. The summed E-state index contributed by atoms with van der Waals surface area (Å²) in [6.07, 6.45) is 2.11. The van der Waals surface area contributed by atoms with E-state index in [-0.39, 0.29) is 0 Å². The lowest BCUT2D eigenvalue weighted by Gasteiger charge is -2.16. The van der Waals surface area contributed by atoms with Crippen LogP contribution < -0.4 is 10.6 Å². The topological polar surface area (TPSA) is 36.4 Å². The summed E-state index contributed by atoms with van der Waals surface area (Å²) in [4.78, 5) is 4.22. The fraction of sp³-hybridized carbons (Fsp3) is 0.533. The van der Waals surface area contributed by atoms with Crippen molar-refractivity contribution in [2.75, 3.05) is 13.6 Å². The van der Waals surface area contributed by atoms with Crippen molar-refractivity contribution in [2.45, 2.75) is 39.7 Å². The van der Waals surface area contributed by atoms with Gasteiger partial charge < -0.3 is 10.6 Å². The fourth-order valence-electron chi connectivity index (χ4n) is 1.72. The van der Waals surface area contributed by atoms with Gasteiger partial charge in [-0.15, -0.1) is 0 Å². The summed E-state index contributed by atoms with van der Waals surface area (Å²) in [5.74, 6) is 0.886. The van der Waals surface area contributed by atoms with Gasteiger partial charge >= 0.3 is 0 Å². The van der Waals surface area contributed by atoms with Crippen LogP contribution in [0.15, 0.2) is 29.3 Å². The van der Waals surface area contributed by atoms with E-state index >= 15 is 0 Å². The molecule has 0 aromatic heterocycles. The minimum absolute atomic E-state index is 0.454. The Hall–Kier alpha value is -1.51. The molecule has 0 heterocycles. The van der Waals surface area contributed by atoms with Gasteiger partial charge in [0.2, 0.25) is 0 Å². The number of hydrogen-bond donors (Lipinski definition) is 2. The molecule has 0 saturated carbocycles. The normalized spacial score (nSPS) is 13.2. The minimum Gasteiger partial charge on any atom is -0.356 e. The molecule has 1 rings (SSSR count). The summed E-state index contributed by atoms with van der Waals surface area (Å²) < 4.78 is 0. The highest BCUT2D eigenvalue weighted by Crippen LogP contribution is 2.03. The summed E-state index contributed by atoms with van der Waals surface area (Å²) in [6.45, 7) is 7.35. The van der Waals surface area contributed by atoms with Crippen molar-refractivity contribution in [3.63, 3.8) is 0 Å². The molecule has 0 fully saturated rings. The SMILES string of the molecule is CCC(C)NC(=NC)NCCc1cccc(C)c1. The molecule has 3 nitrogen and oxygen atoms in total. The lowest BCUT2D eigenvalue weighted by molar-refractivity contribution is 0.624. The number of rotatable bonds is 5. The second kappa shape index (κ2) is 7.75. The van der Waals surface area contributed by atoms with E-state index in [4.69, 9.17) is 0 Å². The minimum atomic E-state index is 0.454. The van der Waals surface area contributed by atoms with Gasteiger partial charge in [0.25, 0.3) is 0 Å². The molecule has 1 aromatic carbocycles. The molecule has 0 aliphatic carbocycles. The second-order valence-electron chi connectivity index (χ2n) is 4.69. The van der Waals surface area contributed by atoms with Crippen LogP contribution in [-0.4, -0.2) is 25.6 Å². The van der Waals surface area contributed by atoms with Gasteiger partial charge in [-0.2, -0.15) is 0 Å². The van der Waals surface area contributed by atoms with Crippen molar-refractivity contribution >= 4 is 5.96 Å². The van der Waals surface area contributed by atoms with Gasteiger partial charge in [-0.3, -0.25) is 4.99 Å². The molecule has 0 aliphatic rings. The van der Waals surface area contributed by atoms with Crippen LogP contribution in [0.1, 0.15) is 31.4 Å². The highest BCUT2D eigenvalue weighted by molar-refractivity contribution is 5.79. The van der Waals surface area contributed by atoms with E-state index in [9.17, 15) is 0 Å². The molecule has 3 heteroatoms. The van der Waals surface area contributed by atoms with Gasteiger partial charge in [0.15, 0.2) is 5.96 Å². The van der Waals surface area contributed by atoms with Crippen LogP contribution in [0.2, 0.25) is 0 Å². The van der Waals surface area contributed by atoms with Crippen LogP contribution in [0.3, 0.4) is 0 Å². The van der Waals surface area contributed by atoms with Gasteiger partial charge in [0.05, 0.1) is 0 Å². The number of hydrogen-bond acceptors (Lipinski definition) is 1. The lowest BCUT2D eigenvalue weighted by atomic mass is 10.1. The largest absolute Gasteiger partial charge is 0.356 e. The van der Waals surface area contributed by atoms with Gasteiger partial charge in [-0.25, -0.2) is 0 Å². The molecule has 0 amide bonds. The number of nitrogens with one attached hydrogen (secondary N) is 2. The van der Waals surface area contributed by atoms with Gasteiger partial charge in [-0.05, 0) is 32.3 Å². The highest BCUT2D eigenvalue weighted by Gasteiger charge is 2.02. The van der Waals surface area contributed by atoms with Crippen molar-refractivity contribution in [3.8, 4) is 0 Å². The zero-order valence-electron chi connectivity index (χ0n) is 12.0. The number of aliphatic imine (C=N–C) groups is 1. The summed E-state index contributed by atoms with van der Waals surface area (Å²) in [5.41, 5.74) is 2.68. The van der Waals surface area contributed by atoms with E-state index < -0.39 is 0 Å². The third-order valence-electron chi connectivity index (χ3n) is 3.01. The van der Waals surface area contributed by atoms with Crippen molar-refractivity contribution in [1.82, 2.24) is 10.6 Å². The maximum atomic E-state index is 4.22. The predicted molar refractivity (Wildman–Crippen MR) is 79.1 cm³/mol. The molecule has 0 aliphatic heterocycles. The van der Waals surface area contributed by atoms with Crippen molar-refractivity contribution < 1.29 is 0 Å². The van der Waals surface area contributed by atoms with E-state index in [2.05, 4.69) is 60.7 Å². The maximum absolute atomic E-state index is 4.22. The Kier molecular flexibility index (Phi) is 6.26. The van der Waals surface area contributed by atoms with E-state index in [1.807, 2.05) is 7.05 Å². The average molecular weight is 247 g/mol. The first-order valence-electron chi connectivity index (χ1n) is 6.68. The number of guanidine groups is 1. The summed E-state index contributed by atoms with van der Waals surface area (Å²) in [5, 5.41) is 6.69. The second-order valence-corrected chi connectivity index (χ2v) is 4.69. The smallest absolute Gasteiger partial charge is 0.191 e. The van der Waals surface area contributed by atoms with Crippen LogP contribution in [-0.2, 0) is 6.42 Å². The fourth-order valence-corrected chi connectivity index (χ4v) is 1.72. The third-order valence-corrected chi connectivity index (χ3v) is 3.01. The molecule has 2 N–H and O–H groups in total. The van der Waals surface area contributed by atoms with Gasteiger partial charge in [0.1, 0.15) is 0 Å². The first kappa shape index (κ1) is 14.6. The summed E-state index contributed by atoms with van der Waals surface area (Å²) in [6, 6.07) is 9.08. The standard InChI is InChI=1S/C15H25N3/c1-5-13(3)18-15(16-4)17-10-9-14-8-6-7-12(2)11-14/h6-8,11,13H,5,9-10H2,1-4H3,(H2,16,17,18).